The fourth-order valence-electron chi connectivity index (χ4n) is 2.20. The predicted molar refractivity (Wildman–Crippen MR) is 72.5 cm³/mol. The van der Waals surface area contributed by atoms with Crippen LogP contribution in [-0.4, -0.2) is 15.5 Å². The summed E-state index contributed by atoms with van der Waals surface area (Å²) >= 11 is 0. The summed E-state index contributed by atoms with van der Waals surface area (Å²) in [5, 5.41) is 3.03. The highest BCUT2D eigenvalue weighted by atomic mass is 19.1. The predicted octanol–water partition coefficient (Wildman–Crippen LogP) is 2.00. The zero-order valence-corrected chi connectivity index (χ0v) is 10.8. The summed E-state index contributed by atoms with van der Waals surface area (Å²) in [6.07, 6.45) is 5.54. The van der Waals surface area contributed by atoms with Crippen LogP contribution in [0.1, 0.15) is 30.6 Å². The molecule has 0 radical (unpaired) electrons. The molecular weight excluding hydrogens is 259 g/mol. The van der Waals surface area contributed by atoms with Crippen molar-refractivity contribution in [3.05, 3.63) is 48.3 Å². The van der Waals surface area contributed by atoms with Crippen LogP contribution in [0.3, 0.4) is 0 Å². The standard InChI is InChI=1S/C14H15FN4O/c15-9-1-3-10(4-2-9)18-13(14(16)20)12-7-17-8-19(12)11-5-6-11/h1-4,7-8,11,13,18H,5-6H2,(H2,16,20). The monoisotopic (exact) mass is 274 g/mol. The number of carbonyl (C=O) groups excluding carboxylic acids is 1. The number of halogens is 1. The Morgan fingerprint density at radius 3 is 2.70 bits per heavy atom. The molecule has 1 unspecified atom stereocenters. The van der Waals surface area contributed by atoms with Crippen LogP contribution in [0.2, 0.25) is 0 Å². The first kappa shape index (κ1) is 12.7. The Morgan fingerprint density at radius 1 is 1.40 bits per heavy atom. The first-order valence-corrected chi connectivity index (χ1v) is 6.48. The number of carbonyl (C=O) groups is 1. The van der Waals surface area contributed by atoms with Gasteiger partial charge in [-0.1, -0.05) is 0 Å². The number of anilines is 1. The molecule has 0 aliphatic heterocycles. The molecule has 1 aliphatic carbocycles. The fraction of sp³-hybridized carbons (Fsp3) is 0.286. The third-order valence-corrected chi connectivity index (χ3v) is 3.37. The second kappa shape index (κ2) is 4.96. The van der Waals surface area contributed by atoms with Crippen LogP contribution in [0.5, 0.6) is 0 Å². The summed E-state index contributed by atoms with van der Waals surface area (Å²) < 4.78 is 14.9. The van der Waals surface area contributed by atoms with E-state index in [1.165, 1.54) is 12.1 Å². The van der Waals surface area contributed by atoms with E-state index in [-0.39, 0.29) is 5.82 Å². The molecule has 0 saturated heterocycles. The van der Waals surface area contributed by atoms with Crippen LogP contribution >= 0.6 is 0 Å². The van der Waals surface area contributed by atoms with Crippen molar-refractivity contribution in [3.63, 3.8) is 0 Å². The van der Waals surface area contributed by atoms with Gasteiger partial charge >= 0.3 is 0 Å². The molecule has 1 aromatic carbocycles. The third-order valence-electron chi connectivity index (χ3n) is 3.37. The number of rotatable bonds is 5. The highest BCUT2D eigenvalue weighted by Crippen LogP contribution is 2.37. The Kier molecular flexibility index (Phi) is 3.14. The van der Waals surface area contributed by atoms with Gasteiger partial charge in [0.2, 0.25) is 5.91 Å². The molecule has 6 heteroatoms. The molecule has 1 aromatic heterocycles. The Balaban J connectivity index is 1.87. The van der Waals surface area contributed by atoms with E-state index in [0.717, 1.165) is 18.5 Å². The van der Waals surface area contributed by atoms with E-state index in [2.05, 4.69) is 10.3 Å². The number of nitrogens with two attached hydrogens (primary N) is 1. The van der Waals surface area contributed by atoms with E-state index in [4.69, 9.17) is 5.73 Å². The van der Waals surface area contributed by atoms with Crippen molar-refractivity contribution >= 4 is 11.6 Å². The highest BCUT2D eigenvalue weighted by molar-refractivity contribution is 5.84. The zero-order chi connectivity index (χ0) is 14.1. The zero-order valence-electron chi connectivity index (χ0n) is 10.8. The van der Waals surface area contributed by atoms with Crippen LogP contribution in [0.4, 0.5) is 10.1 Å². The molecule has 5 nitrogen and oxygen atoms in total. The third kappa shape index (κ3) is 2.49. The molecule has 3 rings (SSSR count). The lowest BCUT2D eigenvalue weighted by Crippen LogP contribution is -2.29. The van der Waals surface area contributed by atoms with E-state index < -0.39 is 11.9 Å². The van der Waals surface area contributed by atoms with Crippen LogP contribution in [-0.2, 0) is 4.79 Å². The van der Waals surface area contributed by atoms with Crippen LogP contribution in [0.25, 0.3) is 0 Å². The van der Waals surface area contributed by atoms with Gasteiger partial charge in [-0.3, -0.25) is 4.79 Å². The van der Waals surface area contributed by atoms with E-state index in [9.17, 15) is 9.18 Å². The summed E-state index contributed by atoms with van der Waals surface area (Å²) in [6, 6.07) is 5.54. The second-order valence-corrected chi connectivity index (χ2v) is 4.94. The van der Waals surface area contributed by atoms with E-state index in [0.29, 0.717) is 11.7 Å². The lowest BCUT2D eigenvalue weighted by molar-refractivity contribution is -0.119. The SMILES string of the molecule is NC(=O)C(Nc1ccc(F)cc1)c1cncn1C1CC1. The molecular formula is C14H15FN4O. The van der Waals surface area contributed by atoms with Crippen molar-refractivity contribution < 1.29 is 9.18 Å². The van der Waals surface area contributed by atoms with E-state index in [1.807, 2.05) is 4.57 Å². The fourth-order valence-corrected chi connectivity index (χ4v) is 2.20. The number of benzene rings is 1. The number of amides is 1. The Labute approximate surface area is 115 Å². The molecule has 1 aliphatic rings. The van der Waals surface area contributed by atoms with Crippen LogP contribution in [0, 0.1) is 5.82 Å². The minimum Gasteiger partial charge on any atom is -0.369 e. The average molecular weight is 274 g/mol. The smallest absolute Gasteiger partial charge is 0.246 e. The Bertz CT molecular complexity index is 618. The maximum absolute atomic E-state index is 12.9. The molecule has 20 heavy (non-hydrogen) atoms. The van der Waals surface area contributed by atoms with Gasteiger partial charge in [-0.2, -0.15) is 0 Å². The minimum atomic E-state index is -0.677. The summed E-state index contributed by atoms with van der Waals surface area (Å²) in [5.74, 6) is -0.814. The van der Waals surface area contributed by atoms with Crippen molar-refractivity contribution in [1.29, 1.82) is 0 Å². The summed E-state index contributed by atoms with van der Waals surface area (Å²) in [7, 11) is 0. The average Bonchev–Trinajstić information content (AvgIpc) is 3.16. The van der Waals surface area contributed by atoms with Crippen molar-refractivity contribution in [2.45, 2.75) is 24.9 Å². The number of hydrogen-bond acceptors (Lipinski definition) is 3. The first-order chi connectivity index (χ1) is 9.65. The number of primary amides is 1. The van der Waals surface area contributed by atoms with E-state index >= 15 is 0 Å². The van der Waals surface area contributed by atoms with Gasteiger partial charge in [0.05, 0.1) is 18.2 Å². The summed E-state index contributed by atoms with van der Waals surface area (Å²) in [6.45, 7) is 0. The van der Waals surface area contributed by atoms with Crippen molar-refractivity contribution in [2.24, 2.45) is 5.73 Å². The van der Waals surface area contributed by atoms with Gasteiger partial charge in [0.15, 0.2) is 0 Å². The lowest BCUT2D eigenvalue weighted by atomic mass is 10.2. The van der Waals surface area contributed by atoms with Crippen LogP contribution < -0.4 is 11.1 Å². The molecule has 1 atom stereocenters. The molecule has 1 fully saturated rings. The van der Waals surface area contributed by atoms with Crippen molar-refractivity contribution in [3.8, 4) is 0 Å². The van der Waals surface area contributed by atoms with Crippen molar-refractivity contribution in [1.82, 2.24) is 9.55 Å². The van der Waals surface area contributed by atoms with Gasteiger partial charge in [0, 0.05) is 11.7 Å². The molecule has 104 valence electrons. The Hall–Kier alpha value is -2.37. The van der Waals surface area contributed by atoms with Gasteiger partial charge in [0.1, 0.15) is 11.9 Å². The molecule has 2 aromatic rings. The Morgan fingerprint density at radius 2 is 2.10 bits per heavy atom. The highest BCUT2D eigenvalue weighted by Gasteiger charge is 2.30. The largest absolute Gasteiger partial charge is 0.369 e. The number of imidazole rings is 1. The maximum atomic E-state index is 12.9. The van der Waals surface area contributed by atoms with Gasteiger partial charge in [-0.25, -0.2) is 9.37 Å². The van der Waals surface area contributed by atoms with E-state index in [1.54, 1.807) is 24.7 Å². The minimum absolute atomic E-state index is 0.325. The van der Waals surface area contributed by atoms with Gasteiger partial charge in [-0.05, 0) is 37.1 Å². The molecule has 1 amide bonds. The normalized spacial score (nSPS) is 15.8. The quantitative estimate of drug-likeness (QED) is 0.875. The van der Waals surface area contributed by atoms with Crippen LogP contribution in [0.15, 0.2) is 36.8 Å². The lowest BCUT2D eigenvalue weighted by Gasteiger charge is -2.18. The summed E-state index contributed by atoms with van der Waals surface area (Å²) in [5.41, 5.74) is 6.86. The molecule has 1 saturated carbocycles. The molecule has 0 spiro atoms. The molecule has 3 N–H and O–H groups in total. The number of aromatic nitrogens is 2. The molecule has 1 heterocycles. The van der Waals surface area contributed by atoms with Gasteiger partial charge < -0.3 is 15.6 Å². The topological polar surface area (TPSA) is 72.9 Å². The van der Waals surface area contributed by atoms with Gasteiger partial charge in [-0.15, -0.1) is 0 Å². The van der Waals surface area contributed by atoms with Crippen molar-refractivity contribution in [2.75, 3.05) is 5.32 Å². The summed E-state index contributed by atoms with van der Waals surface area (Å²) in [4.78, 5) is 15.8. The first-order valence-electron chi connectivity index (χ1n) is 6.48. The number of hydrogen-bond donors (Lipinski definition) is 2. The number of nitrogens with one attached hydrogen (secondary N) is 1. The second-order valence-electron chi connectivity index (χ2n) is 4.94. The van der Waals surface area contributed by atoms with Gasteiger partial charge in [0.25, 0.3) is 0 Å². The molecule has 0 bridgehead atoms. The maximum Gasteiger partial charge on any atom is 0.246 e. The number of nitrogens with zero attached hydrogens (tertiary/aromatic N) is 2.